The Bertz CT molecular complexity index is 567. The van der Waals surface area contributed by atoms with Crippen LogP contribution in [0.1, 0.15) is 37.7 Å². The molecule has 1 fully saturated rings. The molecule has 0 bridgehead atoms. The molecule has 1 saturated carbocycles. The van der Waals surface area contributed by atoms with Gasteiger partial charge in [-0.15, -0.1) is 0 Å². The van der Waals surface area contributed by atoms with Crippen LogP contribution in [0, 0.1) is 5.82 Å². The van der Waals surface area contributed by atoms with Gasteiger partial charge in [0.1, 0.15) is 5.54 Å². The highest BCUT2D eigenvalue weighted by molar-refractivity contribution is 5.87. The molecule has 1 aromatic rings. The van der Waals surface area contributed by atoms with Crippen LogP contribution in [0.25, 0.3) is 0 Å². The van der Waals surface area contributed by atoms with Gasteiger partial charge in [-0.05, 0) is 37.0 Å². The van der Waals surface area contributed by atoms with E-state index in [1.54, 1.807) is 6.07 Å². The SMILES string of the molecule is COc1ccc(CCC(=O)NC2(C(=O)O)CCCC2)cc1F. The summed E-state index contributed by atoms with van der Waals surface area (Å²) in [6.45, 7) is 0. The predicted octanol–water partition coefficient (Wildman–Crippen LogP) is 2.28. The third-order valence-corrected chi connectivity index (χ3v) is 4.10. The summed E-state index contributed by atoms with van der Waals surface area (Å²) in [5.74, 6) is -1.61. The highest BCUT2D eigenvalue weighted by atomic mass is 19.1. The molecule has 0 aromatic heterocycles. The molecule has 2 rings (SSSR count). The van der Waals surface area contributed by atoms with Crippen molar-refractivity contribution in [2.45, 2.75) is 44.1 Å². The Morgan fingerprint density at radius 2 is 2.05 bits per heavy atom. The Morgan fingerprint density at radius 3 is 2.59 bits per heavy atom. The van der Waals surface area contributed by atoms with Crippen LogP contribution >= 0.6 is 0 Å². The number of carboxylic acids is 1. The molecule has 0 spiro atoms. The minimum absolute atomic E-state index is 0.126. The van der Waals surface area contributed by atoms with E-state index in [1.165, 1.54) is 19.2 Å². The lowest BCUT2D eigenvalue weighted by atomic mass is 9.97. The summed E-state index contributed by atoms with van der Waals surface area (Å²) in [4.78, 5) is 23.4. The second-order valence-corrected chi connectivity index (χ2v) is 5.61. The standard InChI is InChI=1S/C16H20FNO4/c1-22-13-6-4-11(10-12(13)17)5-7-14(19)18-16(15(20)21)8-2-3-9-16/h4,6,10H,2-3,5,7-9H2,1H3,(H,18,19)(H,20,21). The van der Waals surface area contributed by atoms with E-state index in [4.69, 9.17) is 4.74 Å². The molecule has 0 unspecified atom stereocenters. The number of hydrogen-bond acceptors (Lipinski definition) is 3. The molecular weight excluding hydrogens is 289 g/mol. The lowest BCUT2D eigenvalue weighted by Gasteiger charge is -2.25. The summed E-state index contributed by atoms with van der Waals surface area (Å²) in [6.07, 6.45) is 3.01. The van der Waals surface area contributed by atoms with E-state index in [-0.39, 0.29) is 18.1 Å². The summed E-state index contributed by atoms with van der Waals surface area (Å²) in [7, 11) is 1.39. The molecule has 1 aliphatic carbocycles. The second-order valence-electron chi connectivity index (χ2n) is 5.61. The Morgan fingerprint density at radius 1 is 1.36 bits per heavy atom. The summed E-state index contributed by atoms with van der Waals surface area (Å²) in [5, 5.41) is 12.0. The number of ether oxygens (including phenoxy) is 1. The van der Waals surface area contributed by atoms with E-state index in [0.717, 1.165) is 12.8 Å². The van der Waals surface area contributed by atoms with Crippen LogP contribution in [0.5, 0.6) is 5.75 Å². The lowest BCUT2D eigenvalue weighted by molar-refractivity contribution is -0.147. The van der Waals surface area contributed by atoms with Gasteiger partial charge in [-0.3, -0.25) is 4.79 Å². The van der Waals surface area contributed by atoms with Crippen molar-refractivity contribution in [3.8, 4) is 5.75 Å². The largest absolute Gasteiger partial charge is 0.494 e. The van der Waals surface area contributed by atoms with E-state index >= 15 is 0 Å². The quantitative estimate of drug-likeness (QED) is 0.845. The van der Waals surface area contributed by atoms with Gasteiger partial charge in [-0.2, -0.15) is 0 Å². The van der Waals surface area contributed by atoms with Crippen molar-refractivity contribution < 1.29 is 23.8 Å². The van der Waals surface area contributed by atoms with Gasteiger partial charge in [0.2, 0.25) is 5.91 Å². The smallest absolute Gasteiger partial charge is 0.329 e. The summed E-state index contributed by atoms with van der Waals surface area (Å²) in [6, 6.07) is 4.53. The Labute approximate surface area is 128 Å². The van der Waals surface area contributed by atoms with Gasteiger partial charge in [0, 0.05) is 6.42 Å². The number of methoxy groups -OCH3 is 1. The highest BCUT2D eigenvalue weighted by Crippen LogP contribution is 2.30. The maximum atomic E-state index is 13.6. The molecule has 0 heterocycles. The lowest BCUT2D eigenvalue weighted by Crippen LogP contribution is -2.52. The topological polar surface area (TPSA) is 75.6 Å². The van der Waals surface area contributed by atoms with E-state index in [0.29, 0.717) is 24.8 Å². The molecule has 2 N–H and O–H groups in total. The zero-order chi connectivity index (χ0) is 16.2. The van der Waals surface area contributed by atoms with Gasteiger partial charge in [0.15, 0.2) is 11.6 Å². The number of rotatable bonds is 6. The van der Waals surface area contributed by atoms with Gasteiger partial charge < -0.3 is 15.2 Å². The third-order valence-electron chi connectivity index (χ3n) is 4.10. The summed E-state index contributed by atoms with van der Waals surface area (Å²) < 4.78 is 18.4. The normalized spacial score (nSPS) is 16.3. The van der Waals surface area contributed by atoms with Gasteiger partial charge in [0.25, 0.3) is 0 Å². The van der Waals surface area contributed by atoms with Crippen LogP contribution in [0.4, 0.5) is 4.39 Å². The van der Waals surface area contributed by atoms with Gasteiger partial charge in [0.05, 0.1) is 7.11 Å². The number of hydrogen-bond donors (Lipinski definition) is 2. The zero-order valence-corrected chi connectivity index (χ0v) is 12.5. The Kier molecular flexibility index (Phi) is 5.00. The monoisotopic (exact) mass is 309 g/mol. The number of aryl methyl sites for hydroxylation is 1. The number of halogens is 1. The minimum atomic E-state index is -1.12. The molecule has 0 atom stereocenters. The van der Waals surface area contributed by atoms with Crippen LogP contribution in [0.2, 0.25) is 0 Å². The fourth-order valence-corrected chi connectivity index (χ4v) is 2.82. The first-order valence-corrected chi connectivity index (χ1v) is 7.34. The van der Waals surface area contributed by atoms with Crippen molar-refractivity contribution in [3.05, 3.63) is 29.6 Å². The van der Waals surface area contributed by atoms with E-state index in [9.17, 15) is 19.1 Å². The molecule has 5 nitrogen and oxygen atoms in total. The summed E-state index contributed by atoms with van der Waals surface area (Å²) in [5.41, 5.74) is -0.452. The summed E-state index contributed by atoms with van der Waals surface area (Å²) >= 11 is 0. The number of benzene rings is 1. The molecule has 0 saturated heterocycles. The average molecular weight is 309 g/mol. The van der Waals surface area contributed by atoms with Crippen LogP contribution in [0.3, 0.4) is 0 Å². The minimum Gasteiger partial charge on any atom is -0.494 e. The molecule has 1 aliphatic rings. The number of amides is 1. The molecule has 22 heavy (non-hydrogen) atoms. The molecule has 0 radical (unpaired) electrons. The van der Waals surface area contributed by atoms with Crippen LogP contribution in [-0.2, 0) is 16.0 Å². The van der Waals surface area contributed by atoms with Gasteiger partial charge >= 0.3 is 5.97 Å². The maximum absolute atomic E-state index is 13.6. The maximum Gasteiger partial charge on any atom is 0.329 e. The molecule has 120 valence electrons. The number of nitrogens with one attached hydrogen (secondary N) is 1. The number of carboxylic acid groups (broad SMARTS) is 1. The first-order valence-electron chi connectivity index (χ1n) is 7.34. The Balaban J connectivity index is 1.92. The molecular formula is C16H20FNO4. The third kappa shape index (κ3) is 3.55. The van der Waals surface area contributed by atoms with E-state index in [2.05, 4.69) is 5.32 Å². The number of aliphatic carboxylic acids is 1. The second kappa shape index (κ2) is 6.77. The Hall–Kier alpha value is -2.11. The fraction of sp³-hybridized carbons (Fsp3) is 0.500. The molecule has 1 aromatic carbocycles. The van der Waals surface area contributed by atoms with Crippen molar-refractivity contribution in [2.75, 3.05) is 7.11 Å². The van der Waals surface area contributed by atoms with E-state index in [1.807, 2.05) is 0 Å². The number of carbonyl (C=O) groups is 2. The predicted molar refractivity (Wildman–Crippen MR) is 78.3 cm³/mol. The first-order chi connectivity index (χ1) is 10.5. The van der Waals surface area contributed by atoms with Crippen molar-refractivity contribution >= 4 is 11.9 Å². The van der Waals surface area contributed by atoms with Crippen molar-refractivity contribution in [1.82, 2.24) is 5.32 Å². The van der Waals surface area contributed by atoms with Gasteiger partial charge in [-0.1, -0.05) is 18.9 Å². The highest BCUT2D eigenvalue weighted by Gasteiger charge is 2.42. The average Bonchev–Trinajstić information content (AvgIpc) is 2.95. The van der Waals surface area contributed by atoms with Crippen molar-refractivity contribution in [1.29, 1.82) is 0 Å². The fourth-order valence-electron chi connectivity index (χ4n) is 2.82. The molecule has 6 heteroatoms. The van der Waals surface area contributed by atoms with E-state index < -0.39 is 17.3 Å². The zero-order valence-electron chi connectivity index (χ0n) is 12.5. The molecule has 0 aliphatic heterocycles. The van der Waals surface area contributed by atoms with Crippen molar-refractivity contribution in [2.24, 2.45) is 0 Å². The van der Waals surface area contributed by atoms with Gasteiger partial charge in [-0.25, -0.2) is 9.18 Å². The van der Waals surface area contributed by atoms with Crippen LogP contribution < -0.4 is 10.1 Å². The van der Waals surface area contributed by atoms with Crippen molar-refractivity contribution in [3.63, 3.8) is 0 Å². The first kappa shape index (κ1) is 16.3. The number of carbonyl (C=O) groups excluding carboxylic acids is 1. The van der Waals surface area contributed by atoms with Crippen LogP contribution in [0.15, 0.2) is 18.2 Å². The van der Waals surface area contributed by atoms with Crippen LogP contribution in [-0.4, -0.2) is 29.6 Å². The molecule has 1 amide bonds.